The van der Waals surface area contributed by atoms with E-state index in [4.69, 9.17) is 0 Å². The molecule has 1 saturated heterocycles. The zero-order valence-electron chi connectivity index (χ0n) is 16.0. The first-order valence-corrected chi connectivity index (χ1v) is 11.3. The minimum Gasteiger partial charge on any atom is -0.359 e. The first kappa shape index (κ1) is 19.2. The van der Waals surface area contributed by atoms with E-state index in [2.05, 4.69) is 70.0 Å². The molecule has 0 spiro atoms. The van der Waals surface area contributed by atoms with Gasteiger partial charge in [-0.3, -0.25) is 9.69 Å². The Bertz CT molecular complexity index is 945. The van der Waals surface area contributed by atoms with Crippen LogP contribution in [0.4, 0.5) is 0 Å². The molecule has 1 N–H and O–H groups in total. The van der Waals surface area contributed by atoms with Crippen molar-refractivity contribution in [2.24, 2.45) is 5.92 Å². The van der Waals surface area contributed by atoms with Gasteiger partial charge in [0.05, 0.1) is 10.8 Å². The van der Waals surface area contributed by atoms with Gasteiger partial charge < -0.3 is 5.32 Å². The van der Waals surface area contributed by atoms with Crippen molar-refractivity contribution in [2.75, 3.05) is 26.4 Å². The summed E-state index contributed by atoms with van der Waals surface area (Å²) in [5, 5.41) is 3.76. The van der Waals surface area contributed by atoms with Gasteiger partial charge in [-0.15, -0.1) is 23.1 Å². The van der Waals surface area contributed by atoms with Crippen molar-refractivity contribution in [3.63, 3.8) is 0 Å². The fraction of sp³-hybridized carbons (Fsp3) is 0.273. The van der Waals surface area contributed by atoms with E-state index in [9.17, 15) is 4.79 Å². The third-order valence-corrected chi connectivity index (χ3v) is 6.90. The van der Waals surface area contributed by atoms with E-state index in [0.29, 0.717) is 0 Å². The van der Waals surface area contributed by atoms with Gasteiger partial charge in [-0.1, -0.05) is 36.4 Å². The summed E-state index contributed by atoms with van der Waals surface area (Å²) in [6, 6.07) is 17.2. The summed E-state index contributed by atoms with van der Waals surface area (Å²) in [5.74, 6) is 0.289. The number of carbonyl (C=O) groups is 1. The normalized spacial score (nSPS) is 14.6. The molecule has 0 aliphatic carbocycles. The summed E-state index contributed by atoms with van der Waals surface area (Å²) in [6.07, 6.45) is 4.05. The quantitative estimate of drug-likeness (QED) is 0.614. The molecule has 0 unspecified atom stereocenters. The molecule has 6 heteroatoms. The Balaban J connectivity index is 1.39. The number of hydrogen-bond acceptors (Lipinski definition) is 5. The third kappa shape index (κ3) is 4.14. The smallest absolute Gasteiger partial charge is 0.225 e. The average molecular weight is 410 g/mol. The second kappa shape index (κ2) is 8.47. The van der Waals surface area contributed by atoms with Crippen LogP contribution < -0.4 is 5.32 Å². The number of nitrogens with one attached hydrogen (secondary N) is 1. The van der Waals surface area contributed by atoms with E-state index in [1.54, 1.807) is 30.1 Å². The van der Waals surface area contributed by atoms with Crippen molar-refractivity contribution < 1.29 is 4.79 Å². The number of likely N-dealkylation sites (tertiary alicyclic amines) is 1. The van der Waals surface area contributed by atoms with Crippen LogP contribution >= 0.6 is 23.1 Å². The van der Waals surface area contributed by atoms with Gasteiger partial charge in [-0.2, -0.15) is 0 Å². The van der Waals surface area contributed by atoms with Crippen molar-refractivity contribution in [2.45, 2.75) is 11.4 Å². The second-order valence-corrected chi connectivity index (χ2v) is 8.87. The number of hydrogen-bond donors (Lipinski definition) is 1. The lowest BCUT2D eigenvalue weighted by Gasteiger charge is -2.38. The molecule has 0 atom stereocenters. The Morgan fingerprint density at radius 1 is 1.14 bits per heavy atom. The van der Waals surface area contributed by atoms with Crippen LogP contribution in [0.15, 0.2) is 59.6 Å². The summed E-state index contributed by atoms with van der Waals surface area (Å²) in [5.41, 5.74) is 3.62. The number of thioether (sulfide) groups is 1. The highest BCUT2D eigenvalue weighted by molar-refractivity contribution is 7.98. The predicted molar refractivity (Wildman–Crippen MR) is 118 cm³/mol. The van der Waals surface area contributed by atoms with Gasteiger partial charge in [0.2, 0.25) is 5.91 Å². The Morgan fingerprint density at radius 3 is 2.46 bits per heavy atom. The lowest BCUT2D eigenvalue weighted by Crippen LogP contribution is -2.52. The third-order valence-electron chi connectivity index (χ3n) is 5.06. The summed E-state index contributed by atoms with van der Waals surface area (Å²) in [4.78, 5) is 21.0. The average Bonchev–Trinajstić information content (AvgIpc) is 3.20. The highest BCUT2D eigenvalue weighted by Gasteiger charge is 2.31. The molecular formula is C22H23N3OS2. The standard InChI is InChI=1S/C22H23N3OS2/c1-23-21(26)18-13-25(14-18)12-15-3-5-17(6-4-15)22-24-11-20(28-22)16-7-9-19(27-2)10-8-16/h3-11,18H,12-14H2,1-2H3,(H,23,26). The molecule has 1 fully saturated rings. The minimum atomic E-state index is 0.142. The van der Waals surface area contributed by atoms with Gasteiger partial charge in [0.15, 0.2) is 0 Å². The Labute approximate surface area is 174 Å². The molecule has 28 heavy (non-hydrogen) atoms. The molecule has 4 rings (SSSR count). The van der Waals surface area contributed by atoms with E-state index in [0.717, 1.165) is 30.2 Å². The van der Waals surface area contributed by atoms with Crippen LogP contribution in [-0.2, 0) is 11.3 Å². The SMILES string of the molecule is CNC(=O)C1CN(Cc2ccc(-c3ncc(-c4ccc(SC)cc4)s3)cc2)C1. The summed E-state index contributed by atoms with van der Waals surface area (Å²) in [7, 11) is 1.70. The van der Waals surface area contributed by atoms with Crippen molar-refractivity contribution in [3.8, 4) is 21.0 Å². The molecule has 2 heterocycles. The fourth-order valence-electron chi connectivity index (χ4n) is 3.38. The van der Waals surface area contributed by atoms with E-state index < -0.39 is 0 Å². The number of nitrogens with zero attached hydrogens (tertiary/aromatic N) is 2. The molecule has 0 radical (unpaired) electrons. The van der Waals surface area contributed by atoms with Crippen LogP contribution in [0.1, 0.15) is 5.56 Å². The van der Waals surface area contributed by atoms with Gasteiger partial charge in [0, 0.05) is 43.3 Å². The fourth-order valence-corrected chi connectivity index (χ4v) is 4.71. The molecule has 0 bridgehead atoms. The molecule has 1 amide bonds. The van der Waals surface area contributed by atoms with E-state index in [1.807, 2.05) is 6.20 Å². The molecule has 2 aromatic carbocycles. The molecular weight excluding hydrogens is 386 g/mol. The first-order valence-electron chi connectivity index (χ1n) is 9.30. The van der Waals surface area contributed by atoms with Crippen LogP contribution in [0.25, 0.3) is 21.0 Å². The number of rotatable bonds is 6. The maximum Gasteiger partial charge on any atom is 0.225 e. The van der Waals surface area contributed by atoms with Crippen LogP contribution in [-0.4, -0.2) is 42.2 Å². The summed E-state index contributed by atoms with van der Waals surface area (Å²) < 4.78 is 0. The monoisotopic (exact) mass is 409 g/mol. The summed E-state index contributed by atoms with van der Waals surface area (Å²) >= 11 is 3.47. The molecule has 1 aliphatic rings. The Morgan fingerprint density at radius 2 is 1.82 bits per heavy atom. The minimum absolute atomic E-state index is 0.142. The molecule has 1 aliphatic heterocycles. The van der Waals surface area contributed by atoms with Gasteiger partial charge in [0.1, 0.15) is 5.01 Å². The number of carbonyl (C=O) groups excluding carboxylic acids is 1. The molecule has 1 aromatic heterocycles. The number of benzene rings is 2. The molecule has 144 valence electrons. The predicted octanol–water partition coefficient (Wildman–Crippen LogP) is 4.38. The summed E-state index contributed by atoms with van der Waals surface area (Å²) in [6.45, 7) is 2.57. The van der Waals surface area contributed by atoms with Crippen LogP contribution in [0, 0.1) is 5.92 Å². The lowest BCUT2D eigenvalue weighted by atomic mass is 9.98. The number of aromatic nitrogens is 1. The second-order valence-electron chi connectivity index (χ2n) is 6.96. The van der Waals surface area contributed by atoms with Crippen molar-refractivity contribution >= 4 is 29.0 Å². The molecule has 0 saturated carbocycles. The highest BCUT2D eigenvalue weighted by Crippen LogP contribution is 2.33. The van der Waals surface area contributed by atoms with Crippen molar-refractivity contribution in [1.29, 1.82) is 0 Å². The molecule has 4 nitrogen and oxygen atoms in total. The lowest BCUT2D eigenvalue weighted by molar-refractivity contribution is -0.129. The van der Waals surface area contributed by atoms with Crippen LogP contribution in [0.5, 0.6) is 0 Å². The molecule has 3 aromatic rings. The van der Waals surface area contributed by atoms with Gasteiger partial charge in [0.25, 0.3) is 0 Å². The van der Waals surface area contributed by atoms with E-state index in [1.165, 1.54) is 20.9 Å². The zero-order chi connectivity index (χ0) is 19.5. The highest BCUT2D eigenvalue weighted by atomic mass is 32.2. The van der Waals surface area contributed by atoms with Crippen molar-refractivity contribution in [1.82, 2.24) is 15.2 Å². The number of amides is 1. The van der Waals surface area contributed by atoms with Gasteiger partial charge >= 0.3 is 0 Å². The van der Waals surface area contributed by atoms with Gasteiger partial charge in [-0.25, -0.2) is 4.98 Å². The largest absolute Gasteiger partial charge is 0.359 e. The zero-order valence-corrected chi connectivity index (χ0v) is 17.6. The maximum absolute atomic E-state index is 11.6. The first-order chi connectivity index (χ1) is 13.7. The Hall–Kier alpha value is -2.15. The number of thiazole rings is 1. The van der Waals surface area contributed by atoms with Gasteiger partial charge in [-0.05, 0) is 29.5 Å². The maximum atomic E-state index is 11.6. The van der Waals surface area contributed by atoms with E-state index >= 15 is 0 Å². The van der Waals surface area contributed by atoms with E-state index in [-0.39, 0.29) is 11.8 Å². The van der Waals surface area contributed by atoms with Crippen LogP contribution in [0.3, 0.4) is 0 Å². The van der Waals surface area contributed by atoms with Crippen molar-refractivity contribution in [3.05, 3.63) is 60.3 Å². The van der Waals surface area contributed by atoms with Crippen LogP contribution in [0.2, 0.25) is 0 Å². The Kier molecular flexibility index (Phi) is 5.80. The topological polar surface area (TPSA) is 45.2 Å².